The van der Waals surface area contributed by atoms with Crippen LogP contribution in [0.15, 0.2) is 12.3 Å². The maximum atomic E-state index is 5.58. The predicted octanol–water partition coefficient (Wildman–Crippen LogP) is 1.27. The van der Waals surface area contributed by atoms with Gasteiger partial charge in [-0.05, 0) is 18.6 Å². The van der Waals surface area contributed by atoms with Crippen molar-refractivity contribution in [1.82, 2.24) is 4.98 Å². The van der Waals surface area contributed by atoms with Gasteiger partial charge < -0.3 is 11.5 Å². The first kappa shape index (κ1) is 14.0. The molecule has 0 aliphatic heterocycles. The van der Waals surface area contributed by atoms with E-state index in [0.29, 0.717) is 12.2 Å². The molecule has 0 aliphatic carbocycles. The molecule has 0 amide bonds. The van der Waals surface area contributed by atoms with E-state index in [9.17, 15) is 0 Å². The molecule has 1 heterocycles. The summed E-state index contributed by atoms with van der Waals surface area (Å²) in [6.07, 6.45) is 1.74. The predicted molar refractivity (Wildman–Crippen MR) is 55.8 cm³/mol. The Balaban J connectivity index is 0. The Bertz CT molecular complexity index is 240. The third kappa shape index (κ3) is 3.26. The quantitative estimate of drug-likeness (QED) is 0.733. The summed E-state index contributed by atoms with van der Waals surface area (Å²) in [5.41, 5.74) is 13.5. The van der Waals surface area contributed by atoms with Crippen molar-refractivity contribution in [3.8, 4) is 0 Å². The van der Waals surface area contributed by atoms with Crippen LogP contribution in [0, 0.1) is 6.92 Å². The average molecular weight is 210 g/mol. The van der Waals surface area contributed by atoms with Gasteiger partial charge in [0.1, 0.15) is 0 Å². The summed E-state index contributed by atoms with van der Waals surface area (Å²) in [5.74, 6) is 0. The zero-order valence-corrected chi connectivity index (χ0v) is 8.41. The number of hydrogen-bond acceptors (Lipinski definition) is 3. The molecule has 12 heavy (non-hydrogen) atoms. The number of hydrogen-bond donors (Lipinski definition) is 2. The number of nitrogens with zero attached hydrogens (tertiary/aromatic N) is 1. The smallest absolute Gasteiger partial charge is 0.0601 e. The molecule has 0 aromatic carbocycles. The molecule has 1 aromatic heterocycles. The van der Waals surface area contributed by atoms with Crippen molar-refractivity contribution in [2.24, 2.45) is 5.73 Å². The highest BCUT2D eigenvalue weighted by Crippen LogP contribution is 2.08. The van der Waals surface area contributed by atoms with Crippen LogP contribution in [0.2, 0.25) is 0 Å². The van der Waals surface area contributed by atoms with E-state index >= 15 is 0 Å². The SMILES string of the molecule is Cc1ncc(CN)cc1N.Cl.Cl. The number of aromatic nitrogens is 1. The van der Waals surface area contributed by atoms with Crippen molar-refractivity contribution < 1.29 is 0 Å². The highest BCUT2D eigenvalue weighted by atomic mass is 35.5. The van der Waals surface area contributed by atoms with Crippen molar-refractivity contribution in [2.75, 3.05) is 5.73 Å². The molecule has 0 radical (unpaired) electrons. The first-order chi connectivity index (χ1) is 4.74. The summed E-state index contributed by atoms with van der Waals surface area (Å²) >= 11 is 0. The van der Waals surface area contributed by atoms with Crippen molar-refractivity contribution in [2.45, 2.75) is 13.5 Å². The molecule has 0 fully saturated rings. The third-order valence-corrected chi connectivity index (χ3v) is 1.42. The fourth-order valence-corrected chi connectivity index (χ4v) is 0.707. The van der Waals surface area contributed by atoms with E-state index in [4.69, 9.17) is 11.5 Å². The summed E-state index contributed by atoms with van der Waals surface area (Å²) in [7, 11) is 0. The summed E-state index contributed by atoms with van der Waals surface area (Å²) in [6, 6.07) is 1.85. The van der Waals surface area contributed by atoms with Gasteiger partial charge in [0.2, 0.25) is 0 Å². The van der Waals surface area contributed by atoms with Gasteiger partial charge in [0, 0.05) is 12.7 Å². The van der Waals surface area contributed by atoms with E-state index in [0.717, 1.165) is 11.3 Å². The van der Waals surface area contributed by atoms with Gasteiger partial charge in [-0.2, -0.15) is 0 Å². The number of anilines is 1. The molecule has 0 saturated carbocycles. The number of aryl methyl sites for hydroxylation is 1. The van der Waals surface area contributed by atoms with Crippen LogP contribution in [0.4, 0.5) is 5.69 Å². The van der Waals surface area contributed by atoms with Crippen molar-refractivity contribution in [3.63, 3.8) is 0 Å². The number of nitrogen functional groups attached to an aromatic ring is 1. The minimum Gasteiger partial charge on any atom is -0.397 e. The zero-order valence-electron chi connectivity index (χ0n) is 6.78. The highest BCUT2D eigenvalue weighted by Gasteiger charge is 1.94. The lowest BCUT2D eigenvalue weighted by Crippen LogP contribution is -2.00. The second-order valence-electron chi connectivity index (χ2n) is 2.22. The van der Waals surface area contributed by atoms with Crippen molar-refractivity contribution in [1.29, 1.82) is 0 Å². The van der Waals surface area contributed by atoms with E-state index in [2.05, 4.69) is 4.98 Å². The van der Waals surface area contributed by atoms with E-state index < -0.39 is 0 Å². The van der Waals surface area contributed by atoms with Crippen LogP contribution < -0.4 is 11.5 Å². The van der Waals surface area contributed by atoms with Gasteiger partial charge in [0.25, 0.3) is 0 Å². The lowest BCUT2D eigenvalue weighted by molar-refractivity contribution is 1.04. The Labute approximate surface area is 84.4 Å². The summed E-state index contributed by atoms with van der Waals surface area (Å²) < 4.78 is 0. The molecule has 4 N–H and O–H groups in total. The normalized spacial score (nSPS) is 8.17. The Morgan fingerprint density at radius 1 is 1.42 bits per heavy atom. The molecular weight excluding hydrogens is 197 g/mol. The largest absolute Gasteiger partial charge is 0.397 e. The second kappa shape index (κ2) is 6.06. The van der Waals surface area contributed by atoms with E-state index in [-0.39, 0.29) is 24.8 Å². The highest BCUT2D eigenvalue weighted by molar-refractivity contribution is 5.85. The lowest BCUT2D eigenvalue weighted by Gasteiger charge is -2.00. The first-order valence-corrected chi connectivity index (χ1v) is 3.15. The molecule has 0 aliphatic rings. The molecule has 0 unspecified atom stereocenters. The van der Waals surface area contributed by atoms with Gasteiger partial charge in [-0.15, -0.1) is 24.8 Å². The van der Waals surface area contributed by atoms with E-state index in [1.165, 1.54) is 0 Å². The van der Waals surface area contributed by atoms with E-state index in [1.807, 2.05) is 13.0 Å². The Morgan fingerprint density at radius 3 is 2.42 bits per heavy atom. The van der Waals surface area contributed by atoms with Crippen LogP contribution in [0.1, 0.15) is 11.3 Å². The molecule has 1 aromatic rings. The number of halogens is 2. The fourth-order valence-electron chi connectivity index (χ4n) is 0.707. The van der Waals surface area contributed by atoms with Crippen LogP contribution in [-0.2, 0) is 6.54 Å². The maximum Gasteiger partial charge on any atom is 0.0601 e. The van der Waals surface area contributed by atoms with Gasteiger partial charge >= 0.3 is 0 Å². The molecule has 3 nitrogen and oxygen atoms in total. The van der Waals surface area contributed by atoms with Crippen molar-refractivity contribution in [3.05, 3.63) is 23.5 Å². The summed E-state index contributed by atoms with van der Waals surface area (Å²) in [5, 5.41) is 0. The molecule has 0 bridgehead atoms. The third-order valence-electron chi connectivity index (χ3n) is 1.42. The molecule has 0 saturated heterocycles. The average Bonchev–Trinajstić information content (AvgIpc) is 1.95. The molecular formula is C7H13Cl2N3. The van der Waals surface area contributed by atoms with E-state index in [1.54, 1.807) is 6.20 Å². The monoisotopic (exact) mass is 209 g/mol. The van der Waals surface area contributed by atoms with Crippen LogP contribution in [-0.4, -0.2) is 4.98 Å². The van der Waals surface area contributed by atoms with Crippen molar-refractivity contribution >= 4 is 30.5 Å². The lowest BCUT2D eigenvalue weighted by atomic mass is 10.2. The topological polar surface area (TPSA) is 64.9 Å². The summed E-state index contributed by atoms with van der Waals surface area (Å²) in [6.45, 7) is 2.37. The standard InChI is InChI=1S/C7H11N3.2ClH/c1-5-7(9)2-6(3-8)4-10-5;;/h2,4H,3,8-9H2,1H3;2*1H. The van der Waals surface area contributed by atoms with Crippen LogP contribution in [0.3, 0.4) is 0 Å². The molecule has 1 rings (SSSR count). The van der Waals surface area contributed by atoms with Gasteiger partial charge in [-0.25, -0.2) is 0 Å². The minimum atomic E-state index is 0. The first-order valence-electron chi connectivity index (χ1n) is 3.15. The fraction of sp³-hybridized carbons (Fsp3) is 0.286. The molecule has 5 heteroatoms. The number of nitrogens with two attached hydrogens (primary N) is 2. The van der Waals surface area contributed by atoms with Gasteiger partial charge in [0.15, 0.2) is 0 Å². The van der Waals surface area contributed by atoms with Crippen LogP contribution in [0.5, 0.6) is 0 Å². The van der Waals surface area contributed by atoms with Gasteiger partial charge in [-0.1, -0.05) is 0 Å². The van der Waals surface area contributed by atoms with Gasteiger partial charge in [-0.3, -0.25) is 4.98 Å². The molecule has 0 spiro atoms. The number of pyridine rings is 1. The van der Waals surface area contributed by atoms with Crippen LogP contribution >= 0.6 is 24.8 Å². The van der Waals surface area contributed by atoms with Gasteiger partial charge in [0.05, 0.1) is 11.4 Å². The summed E-state index contributed by atoms with van der Waals surface area (Å²) in [4.78, 5) is 4.04. The maximum absolute atomic E-state index is 5.58. The minimum absolute atomic E-state index is 0. The Kier molecular flexibility index (Phi) is 7.09. The second-order valence-corrected chi connectivity index (χ2v) is 2.22. The Hall–Kier alpha value is -0.510. The number of rotatable bonds is 1. The zero-order chi connectivity index (χ0) is 7.56. The van der Waals surface area contributed by atoms with Crippen LogP contribution in [0.25, 0.3) is 0 Å². The molecule has 0 atom stereocenters. The molecule has 70 valence electrons. The Morgan fingerprint density at radius 2 is 2.00 bits per heavy atom.